The molecular weight excluding hydrogens is 270 g/mol. The Balaban J connectivity index is 1.72. The summed E-state index contributed by atoms with van der Waals surface area (Å²) < 4.78 is 16.3. The summed E-state index contributed by atoms with van der Waals surface area (Å²) in [7, 11) is 0. The predicted molar refractivity (Wildman–Crippen MR) is 76.4 cm³/mol. The lowest BCUT2D eigenvalue weighted by atomic mass is 10.2. The molecule has 2 aromatic rings. The Morgan fingerprint density at radius 1 is 1.14 bits per heavy atom. The van der Waals surface area contributed by atoms with Gasteiger partial charge in [0.2, 0.25) is 12.7 Å². The summed E-state index contributed by atoms with van der Waals surface area (Å²) in [5.41, 5.74) is 2.69. The van der Waals surface area contributed by atoms with E-state index in [1.165, 1.54) is 0 Å². The van der Waals surface area contributed by atoms with Gasteiger partial charge >= 0.3 is 0 Å². The minimum atomic E-state index is -0.0180. The summed E-state index contributed by atoms with van der Waals surface area (Å²) >= 11 is 0. The monoisotopic (exact) mass is 287 g/mol. The second kappa shape index (κ2) is 6.01. The molecule has 1 N–H and O–H groups in total. The van der Waals surface area contributed by atoms with Crippen molar-refractivity contribution in [1.29, 1.82) is 0 Å². The minimum Gasteiger partial charge on any atom is -0.473 e. The second-order valence-corrected chi connectivity index (χ2v) is 4.79. The topological polar surface area (TPSA) is 60.8 Å². The van der Waals surface area contributed by atoms with Crippen LogP contribution in [-0.2, 0) is 19.6 Å². The number of benzene rings is 1. The van der Waals surface area contributed by atoms with Gasteiger partial charge in [-0.3, -0.25) is 0 Å². The molecule has 0 saturated carbocycles. The summed E-state index contributed by atoms with van der Waals surface area (Å²) in [6, 6.07) is 9.35. The maximum absolute atomic E-state index is 9.26. The molecule has 0 spiro atoms. The summed E-state index contributed by atoms with van der Waals surface area (Å²) in [6.45, 7) is 2.66. The molecule has 5 heteroatoms. The fourth-order valence-corrected chi connectivity index (χ4v) is 2.15. The maximum atomic E-state index is 9.26. The zero-order valence-electron chi connectivity index (χ0n) is 11.8. The number of ether oxygens (including phenoxy) is 3. The van der Waals surface area contributed by atoms with Gasteiger partial charge in [0, 0.05) is 11.8 Å². The normalized spacial score (nSPS) is 12.5. The molecule has 0 fully saturated rings. The third-order valence-electron chi connectivity index (χ3n) is 3.28. The molecule has 5 nitrogen and oxygen atoms in total. The number of pyridine rings is 1. The van der Waals surface area contributed by atoms with Gasteiger partial charge < -0.3 is 19.3 Å². The molecule has 1 aliphatic heterocycles. The molecule has 0 saturated heterocycles. The summed E-state index contributed by atoms with van der Waals surface area (Å²) in [4.78, 5) is 4.40. The largest absolute Gasteiger partial charge is 0.473 e. The molecule has 0 radical (unpaired) electrons. The van der Waals surface area contributed by atoms with Crippen molar-refractivity contribution in [3.63, 3.8) is 0 Å². The summed E-state index contributed by atoms with van der Waals surface area (Å²) in [5, 5.41) is 9.26. The van der Waals surface area contributed by atoms with Crippen LogP contribution in [0.1, 0.15) is 23.7 Å². The zero-order valence-corrected chi connectivity index (χ0v) is 11.8. The van der Waals surface area contributed by atoms with Crippen LogP contribution in [0.2, 0.25) is 0 Å². The number of rotatable bonds is 5. The SMILES string of the molecule is CCc1cc(CO)cc(OCc2ccc3c(c2)OCO3)n1. The number of aryl methyl sites for hydroxylation is 1. The first-order chi connectivity index (χ1) is 10.3. The van der Waals surface area contributed by atoms with Gasteiger partial charge in [-0.15, -0.1) is 0 Å². The molecule has 2 heterocycles. The van der Waals surface area contributed by atoms with Crippen LogP contribution in [0.3, 0.4) is 0 Å². The number of aliphatic hydroxyl groups is 1. The van der Waals surface area contributed by atoms with E-state index >= 15 is 0 Å². The fraction of sp³-hybridized carbons (Fsp3) is 0.312. The lowest BCUT2D eigenvalue weighted by molar-refractivity contribution is 0.174. The van der Waals surface area contributed by atoms with Gasteiger partial charge in [0.1, 0.15) is 6.61 Å². The average Bonchev–Trinajstić information content (AvgIpc) is 3.00. The molecular formula is C16H17NO4. The Morgan fingerprint density at radius 2 is 2.00 bits per heavy atom. The van der Waals surface area contributed by atoms with Crippen LogP contribution in [0.4, 0.5) is 0 Å². The number of fused-ring (bicyclic) bond motifs is 1. The van der Waals surface area contributed by atoms with Gasteiger partial charge in [0.25, 0.3) is 0 Å². The van der Waals surface area contributed by atoms with E-state index in [-0.39, 0.29) is 13.4 Å². The van der Waals surface area contributed by atoms with Gasteiger partial charge in [-0.05, 0) is 35.7 Å². The third kappa shape index (κ3) is 3.08. The third-order valence-corrected chi connectivity index (χ3v) is 3.28. The van der Waals surface area contributed by atoms with E-state index in [9.17, 15) is 5.11 Å². The molecule has 0 atom stereocenters. The molecule has 0 amide bonds. The van der Waals surface area contributed by atoms with Crippen molar-refractivity contribution >= 4 is 0 Å². The molecule has 0 bridgehead atoms. The molecule has 0 aliphatic carbocycles. The lowest BCUT2D eigenvalue weighted by Gasteiger charge is -2.09. The molecule has 0 unspecified atom stereocenters. The number of nitrogens with zero attached hydrogens (tertiary/aromatic N) is 1. The molecule has 1 aromatic carbocycles. The van der Waals surface area contributed by atoms with Gasteiger partial charge in [-0.1, -0.05) is 13.0 Å². The van der Waals surface area contributed by atoms with Crippen LogP contribution in [0.25, 0.3) is 0 Å². The highest BCUT2D eigenvalue weighted by Crippen LogP contribution is 2.32. The zero-order chi connectivity index (χ0) is 14.7. The number of hydrogen-bond donors (Lipinski definition) is 1. The lowest BCUT2D eigenvalue weighted by Crippen LogP contribution is -2.01. The van der Waals surface area contributed by atoms with E-state index < -0.39 is 0 Å². The van der Waals surface area contributed by atoms with Gasteiger partial charge in [0.05, 0.1) is 6.61 Å². The molecule has 3 rings (SSSR count). The molecule has 1 aliphatic rings. The van der Waals surface area contributed by atoms with Crippen molar-refractivity contribution in [2.24, 2.45) is 0 Å². The van der Waals surface area contributed by atoms with Crippen molar-refractivity contribution in [2.75, 3.05) is 6.79 Å². The Bertz CT molecular complexity index is 620. The maximum Gasteiger partial charge on any atom is 0.231 e. The highest BCUT2D eigenvalue weighted by Gasteiger charge is 2.13. The first-order valence-corrected chi connectivity index (χ1v) is 6.90. The number of aliphatic hydroxyl groups excluding tert-OH is 1. The second-order valence-electron chi connectivity index (χ2n) is 4.79. The minimum absolute atomic E-state index is 0.0180. The van der Waals surface area contributed by atoms with Crippen LogP contribution in [-0.4, -0.2) is 16.9 Å². The van der Waals surface area contributed by atoms with Gasteiger partial charge in [0.15, 0.2) is 11.5 Å². The molecule has 21 heavy (non-hydrogen) atoms. The Labute approximate surface area is 123 Å². The first-order valence-electron chi connectivity index (χ1n) is 6.90. The number of aromatic nitrogens is 1. The quantitative estimate of drug-likeness (QED) is 0.915. The van der Waals surface area contributed by atoms with E-state index in [1.807, 2.05) is 31.2 Å². The van der Waals surface area contributed by atoms with Crippen LogP contribution >= 0.6 is 0 Å². The Kier molecular flexibility index (Phi) is 3.92. The van der Waals surface area contributed by atoms with Crippen LogP contribution < -0.4 is 14.2 Å². The van der Waals surface area contributed by atoms with Crippen molar-refractivity contribution in [3.8, 4) is 17.4 Å². The molecule has 1 aromatic heterocycles. The van der Waals surface area contributed by atoms with E-state index in [1.54, 1.807) is 6.07 Å². The van der Waals surface area contributed by atoms with E-state index in [0.29, 0.717) is 12.5 Å². The standard InChI is InChI=1S/C16H17NO4/c1-2-13-5-12(8-18)7-16(17-13)19-9-11-3-4-14-15(6-11)21-10-20-14/h3-7,18H,2,8-10H2,1H3. The van der Waals surface area contributed by atoms with E-state index in [4.69, 9.17) is 14.2 Å². The van der Waals surface area contributed by atoms with E-state index in [0.717, 1.165) is 34.7 Å². The fourth-order valence-electron chi connectivity index (χ4n) is 2.15. The Morgan fingerprint density at radius 3 is 2.81 bits per heavy atom. The van der Waals surface area contributed by atoms with Crippen molar-refractivity contribution in [2.45, 2.75) is 26.6 Å². The average molecular weight is 287 g/mol. The smallest absolute Gasteiger partial charge is 0.231 e. The summed E-state index contributed by atoms with van der Waals surface area (Å²) in [6.07, 6.45) is 0.800. The number of hydrogen-bond acceptors (Lipinski definition) is 5. The van der Waals surface area contributed by atoms with E-state index in [2.05, 4.69) is 4.98 Å². The van der Waals surface area contributed by atoms with Gasteiger partial charge in [-0.2, -0.15) is 0 Å². The predicted octanol–water partition coefficient (Wildman–Crippen LogP) is 2.44. The summed E-state index contributed by atoms with van der Waals surface area (Å²) in [5.74, 6) is 2.02. The van der Waals surface area contributed by atoms with Crippen molar-refractivity contribution in [3.05, 3.63) is 47.2 Å². The highest BCUT2D eigenvalue weighted by molar-refractivity contribution is 5.44. The highest BCUT2D eigenvalue weighted by atomic mass is 16.7. The Hall–Kier alpha value is -2.27. The first kappa shape index (κ1) is 13.7. The van der Waals surface area contributed by atoms with Crippen molar-refractivity contribution < 1.29 is 19.3 Å². The molecule has 110 valence electrons. The van der Waals surface area contributed by atoms with Gasteiger partial charge in [-0.25, -0.2) is 4.98 Å². The van der Waals surface area contributed by atoms with Crippen LogP contribution in [0.5, 0.6) is 17.4 Å². The van der Waals surface area contributed by atoms with Crippen molar-refractivity contribution in [1.82, 2.24) is 4.98 Å². The van der Waals surface area contributed by atoms with Crippen LogP contribution in [0.15, 0.2) is 30.3 Å². The van der Waals surface area contributed by atoms with Crippen LogP contribution in [0, 0.1) is 0 Å².